The molecule has 0 aliphatic carbocycles. The molecule has 0 bridgehead atoms. The van der Waals surface area contributed by atoms with E-state index in [1.54, 1.807) is 112 Å². The minimum absolute atomic E-state index is 0.0202. The van der Waals surface area contributed by atoms with Crippen LogP contribution in [-0.2, 0) is 30.6 Å². The van der Waals surface area contributed by atoms with Gasteiger partial charge in [0.05, 0.1) is 69.5 Å². The van der Waals surface area contributed by atoms with Crippen LogP contribution >= 0.6 is 0 Å². The van der Waals surface area contributed by atoms with Crippen LogP contribution in [-0.4, -0.2) is 119 Å². The van der Waals surface area contributed by atoms with E-state index in [0.29, 0.717) is 53.8 Å². The molecule has 1 unspecified atom stereocenters. The molecule has 24 heteroatoms. The second kappa shape index (κ2) is 24.5. The Morgan fingerprint density at radius 1 is 0.360 bits per heavy atom. The van der Waals surface area contributed by atoms with Gasteiger partial charge in [-0.25, -0.2) is 26.1 Å². The van der Waals surface area contributed by atoms with Gasteiger partial charge in [0.1, 0.15) is 17.5 Å². The first-order chi connectivity index (χ1) is 35.9. The lowest BCUT2D eigenvalue weighted by atomic mass is 10.2. The Morgan fingerprint density at radius 2 is 0.560 bits per heavy atom. The second-order valence-corrected chi connectivity index (χ2v) is 22.5. The number of likely N-dealkylation sites (N-methyl/N-ethyl adjacent to an activating group) is 3. The molecule has 6 N–H and O–H groups in total. The lowest BCUT2D eigenvalue weighted by molar-refractivity contribution is 0.167. The summed E-state index contributed by atoms with van der Waals surface area (Å²) < 4.78 is 128. The number of aliphatic hydroxyl groups is 3. The van der Waals surface area contributed by atoms with Crippen molar-refractivity contribution in [2.75, 3.05) is 86.2 Å². The molecule has 0 aromatic heterocycles. The maximum Gasteiger partial charge on any atom is 0.331 e. The first-order valence-electron chi connectivity index (χ1n) is 23.9. The fourth-order valence-corrected chi connectivity index (χ4v) is 13.9. The predicted octanol–water partition coefficient (Wildman–Crippen LogP) is 6.00. The topological polar surface area (TPSA) is 219 Å². The Morgan fingerprint density at radius 3 is 0.773 bits per heavy atom. The zero-order valence-corrected chi connectivity index (χ0v) is 43.7. The van der Waals surface area contributed by atoms with Crippen molar-refractivity contribution in [3.05, 3.63) is 163 Å². The van der Waals surface area contributed by atoms with Crippen molar-refractivity contribution in [3.8, 4) is 0 Å². The largest absolute Gasteiger partial charge is 0.392 e. The Bertz CT molecular complexity index is 2920. The Balaban J connectivity index is 0.000000164. The molecule has 0 radical (unpaired) electrons. The van der Waals surface area contributed by atoms with Crippen LogP contribution in [0.1, 0.15) is 19.3 Å². The summed E-state index contributed by atoms with van der Waals surface area (Å²) in [6, 6.07) is 37.6. The molecule has 0 spiro atoms. The average Bonchev–Trinajstić information content (AvgIpc) is 3.89. The molecule has 0 saturated heterocycles. The van der Waals surface area contributed by atoms with Crippen LogP contribution in [0, 0.1) is 17.5 Å². The van der Waals surface area contributed by atoms with E-state index in [0.717, 1.165) is 12.9 Å². The maximum absolute atomic E-state index is 14.2. The van der Waals surface area contributed by atoms with E-state index < -0.39 is 66.4 Å². The third kappa shape index (κ3) is 12.0. The van der Waals surface area contributed by atoms with E-state index >= 15 is 0 Å². The van der Waals surface area contributed by atoms with Crippen LogP contribution in [0.3, 0.4) is 0 Å². The van der Waals surface area contributed by atoms with E-state index in [9.17, 15) is 53.7 Å². The molecule has 3 heterocycles. The quantitative estimate of drug-likeness (QED) is 0.0585. The zero-order chi connectivity index (χ0) is 54.1. The van der Waals surface area contributed by atoms with Gasteiger partial charge in [0.25, 0.3) is 0 Å². The van der Waals surface area contributed by atoms with Crippen molar-refractivity contribution in [3.63, 3.8) is 0 Å². The van der Waals surface area contributed by atoms with Gasteiger partial charge in [0.15, 0.2) is 0 Å². The summed E-state index contributed by atoms with van der Waals surface area (Å²) >= 11 is 0. The molecule has 0 amide bonds. The fraction of sp³-hybridized carbons (Fsp3) is 0.294. The van der Waals surface area contributed by atoms with E-state index in [-0.39, 0.29) is 56.0 Å². The average molecular weight is 1100 g/mol. The number of rotatable bonds is 18. The molecule has 6 aromatic rings. The number of benzene rings is 6. The summed E-state index contributed by atoms with van der Waals surface area (Å²) in [5.41, 5.74) is 2.56. The van der Waals surface area contributed by atoms with Crippen LogP contribution in [0.2, 0.25) is 0 Å². The number of nitrogens with zero attached hydrogens (tertiary/aromatic N) is 6. The van der Waals surface area contributed by atoms with E-state index in [1.165, 1.54) is 67.5 Å². The standard InChI is InChI=1S/3C17H20FN3O3S/c3*1-19-12-13(22)10-11-20-16-8-4-5-9-17(16)21(25(20,23)24)15-7-3-2-6-14(15)18/h3*2-9,13,19,22H,10-12H2,1H3/t2*13-;/m10./s1. The van der Waals surface area contributed by atoms with E-state index in [1.807, 2.05) is 0 Å². The fourth-order valence-electron chi connectivity index (χ4n) is 8.71. The smallest absolute Gasteiger partial charge is 0.331 e. The first-order valence-corrected chi connectivity index (χ1v) is 28.1. The highest BCUT2D eigenvalue weighted by Crippen LogP contribution is 2.48. The molecule has 0 saturated carbocycles. The lowest BCUT2D eigenvalue weighted by Gasteiger charge is -2.23. The number of nitrogens with one attached hydrogen (secondary N) is 3. The van der Waals surface area contributed by atoms with Crippen molar-refractivity contribution in [2.24, 2.45) is 0 Å². The van der Waals surface area contributed by atoms with E-state index in [2.05, 4.69) is 16.0 Å². The van der Waals surface area contributed by atoms with Gasteiger partial charge in [-0.2, -0.15) is 25.3 Å². The van der Waals surface area contributed by atoms with Gasteiger partial charge in [0.2, 0.25) is 0 Å². The zero-order valence-electron chi connectivity index (χ0n) is 41.3. The summed E-state index contributed by atoms with van der Waals surface area (Å²) in [5, 5.41) is 38.2. The number of anilines is 9. The number of hydrogen-bond acceptors (Lipinski definition) is 12. The summed E-state index contributed by atoms with van der Waals surface area (Å²) in [4.78, 5) is 0. The molecule has 9 rings (SSSR count). The monoisotopic (exact) mass is 1100 g/mol. The maximum atomic E-state index is 14.2. The Hall–Kier alpha value is -6.48. The van der Waals surface area contributed by atoms with Crippen molar-refractivity contribution in [2.45, 2.75) is 37.6 Å². The Labute approximate surface area is 436 Å². The minimum atomic E-state index is -3.98. The van der Waals surface area contributed by atoms with Gasteiger partial charge >= 0.3 is 30.6 Å². The molecule has 75 heavy (non-hydrogen) atoms. The van der Waals surface area contributed by atoms with Gasteiger partial charge in [-0.1, -0.05) is 72.8 Å². The molecular formula is C51H60F3N9O9S3. The molecule has 18 nitrogen and oxygen atoms in total. The summed E-state index contributed by atoms with van der Waals surface area (Å²) in [7, 11) is -6.79. The SMILES string of the molecule is CNCC(O)CCN1c2ccccc2N(c2ccccc2F)S1(=O)=O.CNC[C@@H](O)CCN1c2ccccc2N(c2ccccc2F)S1(=O)=O.CNC[C@H](O)CCN1c2ccccc2N(c2ccccc2F)S1(=O)=O. The van der Waals surface area contributed by atoms with Crippen molar-refractivity contribution >= 4 is 81.8 Å². The van der Waals surface area contributed by atoms with Gasteiger partial charge in [0, 0.05) is 39.3 Å². The van der Waals surface area contributed by atoms with Crippen LogP contribution < -0.4 is 41.8 Å². The van der Waals surface area contributed by atoms with Gasteiger partial charge < -0.3 is 31.3 Å². The number of halogens is 3. The van der Waals surface area contributed by atoms with Gasteiger partial charge in [-0.15, -0.1) is 0 Å². The van der Waals surface area contributed by atoms with E-state index in [4.69, 9.17) is 0 Å². The van der Waals surface area contributed by atoms with Crippen LogP contribution in [0.4, 0.5) is 64.4 Å². The minimum Gasteiger partial charge on any atom is -0.392 e. The second-order valence-electron chi connectivity index (χ2n) is 17.4. The molecule has 3 aliphatic rings. The van der Waals surface area contributed by atoms with Crippen molar-refractivity contribution in [1.82, 2.24) is 16.0 Å². The highest BCUT2D eigenvalue weighted by Gasteiger charge is 2.44. The van der Waals surface area contributed by atoms with Gasteiger partial charge in [-0.05, 0) is 113 Å². The van der Waals surface area contributed by atoms with Crippen LogP contribution in [0.5, 0.6) is 0 Å². The third-order valence-electron chi connectivity index (χ3n) is 12.2. The highest BCUT2D eigenvalue weighted by molar-refractivity contribution is 7.95. The molecule has 3 aliphatic heterocycles. The van der Waals surface area contributed by atoms with Crippen LogP contribution in [0.25, 0.3) is 0 Å². The number of para-hydroxylation sites is 9. The molecule has 3 atom stereocenters. The Kier molecular flexibility index (Phi) is 18.3. The molecule has 6 aromatic carbocycles. The highest BCUT2D eigenvalue weighted by atomic mass is 32.2. The number of fused-ring (bicyclic) bond motifs is 3. The summed E-state index contributed by atoms with van der Waals surface area (Å²) in [5.74, 6) is -1.84. The van der Waals surface area contributed by atoms with Gasteiger partial charge in [-0.3, -0.25) is 12.9 Å². The van der Waals surface area contributed by atoms with Crippen molar-refractivity contribution in [1.29, 1.82) is 0 Å². The normalized spacial score (nSPS) is 16.8. The number of hydrogen-bond donors (Lipinski definition) is 6. The molecular weight excluding hydrogens is 1040 g/mol. The van der Waals surface area contributed by atoms with Crippen molar-refractivity contribution < 1.29 is 53.7 Å². The third-order valence-corrected chi connectivity index (χ3v) is 17.5. The molecule has 0 fully saturated rings. The first kappa shape index (κ1) is 56.3. The summed E-state index contributed by atoms with van der Waals surface area (Å²) in [6.07, 6.45) is -1.22. The lowest BCUT2D eigenvalue weighted by Crippen LogP contribution is -2.38. The molecule has 402 valence electrons. The predicted molar refractivity (Wildman–Crippen MR) is 287 cm³/mol. The van der Waals surface area contributed by atoms with Crippen LogP contribution in [0.15, 0.2) is 146 Å². The summed E-state index contributed by atoms with van der Waals surface area (Å²) in [6.45, 7) is 1.42. The number of aliphatic hydroxyl groups excluding tert-OH is 3.